The second-order valence-electron chi connectivity index (χ2n) is 10.0. The topological polar surface area (TPSA) is 60.0 Å². The SMILES string of the molecule is COc1cccc(-c2cc3c(cc2F)C(NC(=O)OC2CN4CCC2CC4)C(C)(C)CO3)c1. The van der Waals surface area contributed by atoms with E-state index in [-0.39, 0.29) is 11.9 Å². The summed E-state index contributed by atoms with van der Waals surface area (Å²) >= 11 is 0. The minimum Gasteiger partial charge on any atom is -0.497 e. The number of rotatable bonds is 4. The van der Waals surface area contributed by atoms with Crippen molar-refractivity contribution in [3.63, 3.8) is 0 Å². The van der Waals surface area contributed by atoms with Gasteiger partial charge in [-0.15, -0.1) is 0 Å². The van der Waals surface area contributed by atoms with Crippen LogP contribution in [0.2, 0.25) is 0 Å². The molecule has 2 aromatic rings. The lowest BCUT2D eigenvalue weighted by Crippen LogP contribution is -2.53. The van der Waals surface area contributed by atoms with Gasteiger partial charge >= 0.3 is 6.09 Å². The quantitative estimate of drug-likeness (QED) is 0.721. The maximum Gasteiger partial charge on any atom is 0.407 e. The van der Waals surface area contributed by atoms with Crippen molar-refractivity contribution in [1.82, 2.24) is 10.2 Å². The first-order valence-corrected chi connectivity index (χ1v) is 11.6. The number of amides is 1. The molecule has 6 rings (SSSR count). The van der Waals surface area contributed by atoms with Crippen LogP contribution in [-0.4, -0.2) is 50.4 Å². The van der Waals surface area contributed by atoms with Gasteiger partial charge < -0.3 is 19.5 Å². The zero-order valence-corrected chi connectivity index (χ0v) is 19.4. The lowest BCUT2D eigenvalue weighted by Gasteiger charge is -2.44. The van der Waals surface area contributed by atoms with Crippen LogP contribution in [0.3, 0.4) is 0 Å². The van der Waals surface area contributed by atoms with E-state index in [0.717, 1.165) is 32.5 Å². The predicted molar refractivity (Wildman–Crippen MR) is 123 cm³/mol. The van der Waals surface area contributed by atoms with Crippen molar-refractivity contribution in [2.45, 2.75) is 38.8 Å². The van der Waals surface area contributed by atoms with E-state index in [4.69, 9.17) is 14.2 Å². The number of nitrogens with zero attached hydrogens (tertiary/aromatic N) is 1. The zero-order chi connectivity index (χ0) is 23.2. The van der Waals surface area contributed by atoms with Crippen molar-refractivity contribution < 1.29 is 23.4 Å². The Morgan fingerprint density at radius 3 is 2.70 bits per heavy atom. The van der Waals surface area contributed by atoms with Crippen LogP contribution in [0.5, 0.6) is 11.5 Å². The average Bonchev–Trinajstić information content (AvgIpc) is 2.81. The summed E-state index contributed by atoms with van der Waals surface area (Å²) in [6.07, 6.45) is 1.61. The number of benzene rings is 2. The molecule has 176 valence electrons. The molecule has 7 heteroatoms. The summed E-state index contributed by atoms with van der Waals surface area (Å²) in [6, 6.07) is 10.0. The van der Waals surface area contributed by atoms with Crippen LogP contribution in [0.15, 0.2) is 36.4 Å². The van der Waals surface area contributed by atoms with Crippen molar-refractivity contribution in [3.05, 3.63) is 47.8 Å². The van der Waals surface area contributed by atoms with Gasteiger partial charge in [-0.05, 0) is 61.7 Å². The Labute approximate surface area is 194 Å². The Bertz CT molecular complexity index is 1050. The number of hydrogen-bond donors (Lipinski definition) is 1. The van der Waals surface area contributed by atoms with Gasteiger partial charge in [0.1, 0.15) is 23.4 Å². The molecule has 2 atom stereocenters. The van der Waals surface area contributed by atoms with E-state index in [0.29, 0.717) is 40.7 Å². The molecule has 1 amide bonds. The van der Waals surface area contributed by atoms with Gasteiger partial charge in [-0.2, -0.15) is 0 Å². The molecule has 0 spiro atoms. The molecule has 0 aliphatic carbocycles. The van der Waals surface area contributed by atoms with E-state index in [9.17, 15) is 4.79 Å². The normalized spacial score (nSPS) is 27.3. The number of ether oxygens (including phenoxy) is 3. The second-order valence-corrected chi connectivity index (χ2v) is 10.0. The minimum atomic E-state index is -0.447. The smallest absolute Gasteiger partial charge is 0.407 e. The van der Waals surface area contributed by atoms with Gasteiger partial charge in [0.25, 0.3) is 0 Å². The molecule has 33 heavy (non-hydrogen) atoms. The van der Waals surface area contributed by atoms with E-state index in [1.807, 2.05) is 32.0 Å². The molecule has 1 N–H and O–H groups in total. The maximum absolute atomic E-state index is 15.3. The van der Waals surface area contributed by atoms with Gasteiger partial charge in [0.15, 0.2) is 0 Å². The van der Waals surface area contributed by atoms with Crippen molar-refractivity contribution in [2.24, 2.45) is 11.3 Å². The molecule has 6 nitrogen and oxygen atoms in total. The predicted octanol–water partition coefficient (Wildman–Crippen LogP) is 4.78. The fourth-order valence-corrected chi connectivity index (χ4v) is 5.31. The van der Waals surface area contributed by atoms with Gasteiger partial charge in [0, 0.05) is 23.1 Å². The van der Waals surface area contributed by atoms with Gasteiger partial charge in [-0.1, -0.05) is 26.0 Å². The Kier molecular flexibility index (Phi) is 5.69. The maximum atomic E-state index is 15.3. The summed E-state index contributed by atoms with van der Waals surface area (Å²) < 4.78 is 32.4. The highest BCUT2D eigenvalue weighted by Gasteiger charge is 2.41. The van der Waals surface area contributed by atoms with E-state index < -0.39 is 17.6 Å². The van der Waals surface area contributed by atoms with E-state index in [1.54, 1.807) is 19.2 Å². The number of piperidine rings is 3. The highest BCUT2D eigenvalue weighted by Crippen LogP contribution is 2.45. The number of alkyl carbamates (subject to hydrolysis) is 1. The molecular formula is C26H31FN2O4. The van der Waals surface area contributed by atoms with E-state index in [2.05, 4.69) is 10.2 Å². The summed E-state index contributed by atoms with van der Waals surface area (Å²) in [5, 5.41) is 3.03. The van der Waals surface area contributed by atoms with E-state index in [1.165, 1.54) is 6.07 Å². The van der Waals surface area contributed by atoms with Crippen molar-refractivity contribution in [1.29, 1.82) is 0 Å². The number of nitrogens with one attached hydrogen (secondary N) is 1. The largest absolute Gasteiger partial charge is 0.497 e. The Morgan fingerprint density at radius 1 is 1.21 bits per heavy atom. The Hall–Kier alpha value is -2.80. The first-order valence-electron chi connectivity index (χ1n) is 11.6. The molecule has 0 radical (unpaired) electrons. The van der Waals surface area contributed by atoms with Crippen LogP contribution >= 0.6 is 0 Å². The van der Waals surface area contributed by atoms with E-state index >= 15 is 4.39 Å². The fraction of sp³-hybridized carbons (Fsp3) is 0.500. The molecule has 4 heterocycles. The van der Waals surface area contributed by atoms with Crippen LogP contribution in [0.25, 0.3) is 11.1 Å². The monoisotopic (exact) mass is 454 g/mol. The summed E-state index contributed by atoms with van der Waals surface area (Å²) in [4.78, 5) is 15.2. The highest BCUT2D eigenvalue weighted by molar-refractivity contribution is 5.71. The number of carbonyl (C=O) groups excluding carboxylic acids is 1. The second kappa shape index (κ2) is 8.52. The summed E-state index contributed by atoms with van der Waals surface area (Å²) in [5.74, 6) is 1.28. The highest BCUT2D eigenvalue weighted by atomic mass is 19.1. The fourth-order valence-electron chi connectivity index (χ4n) is 5.31. The molecule has 3 saturated heterocycles. The van der Waals surface area contributed by atoms with Crippen molar-refractivity contribution in [3.8, 4) is 22.6 Å². The number of hydrogen-bond acceptors (Lipinski definition) is 5. The third kappa shape index (κ3) is 4.26. The minimum absolute atomic E-state index is 0.0814. The van der Waals surface area contributed by atoms with Gasteiger partial charge in [0.05, 0.1) is 19.8 Å². The number of halogens is 1. The lowest BCUT2D eigenvalue weighted by atomic mass is 9.78. The molecule has 4 aliphatic rings. The summed E-state index contributed by atoms with van der Waals surface area (Å²) in [6.45, 7) is 7.37. The first kappa shape index (κ1) is 22.0. The molecule has 0 aromatic heterocycles. The third-order valence-corrected chi connectivity index (χ3v) is 7.29. The van der Waals surface area contributed by atoms with Crippen LogP contribution in [-0.2, 0) is 4.74 Å². The van der Waals surface area contributed by atoms with Crippen LogP contribution in [0, 0.1) is 17.2 Å². The molecule has 4 aliphatic heterocycles. The number of methoxy groups -OCH3 is 1. The molecular weight excluding hydrogens is 423 g/mol. The average molecular weight is 455 g/mol. The van der Waals surface area contributed by atoms with Gasteiger partial charge in [-0.25, -0.2) is 9.18 Å². The standard InChI is InChI=1S/C26H31FN2O4/c1-26(2)15-32-22-13-19(17-5-4-6-18(11-17)31-3)21(27)12-20(22)24(26)28-25(30)33-23-14-29-9-7-16(23)8-10-29/h4-6,11-13,16,23-24H,7-10,14-15H2,1-3H3,(H,28,30). The molecule has 2 bridgehead atoms. The Morgan fingerprint density at radius 2 is 2.00 bits per heavy atom. The lowest BCUT2D eigenvalue weighted by molar-refractivity contribution is -0.0361. The molecule has 3 fully saturated rings. The summed E-state index contributed by atoms with van der Waals surface area (Å²) in [5.41, 5.74) is 1.34. The van der Waals surface area contributed by atoms with Gasteiger partial charge in [-0.3, -0.25) is 4.90 Å². The first-order chi connectivity index (χ1) is 15.8. The third-order valence-electron chi connectivity index (χ3n) is 7.29. The van der Waals surface area contributed by atoms with Crippen LogP contribution in [0.1, 0.15) is 38.3 Å². The molecule has 0 saturated carbocycles. The van der Waals surface area contributed by atoms with Gasteiger partial charge in [0.2, 0.25) is 0 Å². The number of carbonyl (C=O) groups is 1. The molecule has 2 aromatic carbocycles. The number of fused-ring (bicyclic) bond motifs is 4. The van der Waals surface area contributed by atoms with Crippen molar-refractivity contribution >= 4 is 6.09 Å². The van der Waals surface area contributed by atoms with Crippen LogP contribution < -0.4 is 14.8 Å². The summed E-state index contributed by atoms with van der Waals surface area (Å²) in [7, 11) is 1.58. The Balaban J connectivity index is 1.39. The molecule has 2 unspecified atom stereocenters. The zero-order valence-electron chi connectivity index (χ0n) is 19.4. The van der Waals surface area contributed by atoms with Crippen LogP contribution in [0.4, 0.5) is 9.18 Å². The van der Waals surface area contributed by atoms with Crippen molar-refractivity contribution in [2.75, 3.05) is 33.4 Å².